The molecule has 1 amide bonds. The predicted octanol–water partition coefficient (Wildman–Crippen LogP) is 4.25. The van der Waals surface area contributed by atoms with Crippen LogP contribution < -0.4 is 15.3 Å². The average Bonchev–Trinajstić information content (AvgIpc) is 3.44. The zero-order valence-corrected chi connectivity index (χ0v) is 23.0. The summed E-state index contributed by atoms with van der Waals surface area (Å²) in [5.74, 6) is -0.915. The molecular formula is C29H30ClF2N5O3. The summed E-state index contributed by atoms with van der Waals surface area (Å²) in [6, 6.07) is 4.54. The van der Waals surface area contributed by atoms with Crippen LogP contribution in [-0.2, 0) is 4.79 Å². The van der Waals surface area contributed by atoms with Gasteiger partial charge in [-0.3, -0.25) is 9.36 Å². The molecular weight excluding hydrogens is 540 g/mol. The van der Waals surface area contributed by atoms with E-state index in [0.717, 1.165) is 32.0 Å². The summed E-state index contributed by atoms with van der Waals surface area (Å²) >= 11 is 6.81. The molecule has 0 radical (unpaired) electrons. The molecule has 2 unspecified atom stereocenters. The van der Waals surface area contributed by atoms with Crippen molar-refractivity contribution in [3.63, 3.8) is 0 Å². The Morgan fingerprint density at radius 2 is 1.98 bits per heavy atom. The van der Waals surface area contributed by atoms with Gasteiger partial charge >= 0.3 is 5.69 Å². The lowest BCUT2D eigenvalue weighted by atomic mass is 9.99. The van der Waals surface area contributed by atoms with Gasteiger partial charge in [-0.2, -0.15) is 4.98 Å². The minimum Gasteiger partial charge on any atom is -0.488 e. The van der Waals surface area contributed by atoms with Gasteiger partial charge in [0.2, 0.25) is 5.91 Å². The first kappa shape index (κ1) is 26.7. The number of carbonyl (C=O) groups is 1. The van der Waals surface area contributed by atoms with E-state index in [1.54, 1.807) is 15.5 Å². The van der Waals surface area contributed by atoms with Crippen molar-refractivity contribution in [1.82, 2.24) is 19.4 Å². The number of ether oxygens (including phenoxy) is 1. The van der Waals surface area contributed by atoms with Gasteiger partial charge in [0.05, 0.1) is 16.6 Å². The average molecular weight is 570 g/mol. The van der Waals surface area contributed by atoms with Crippen molar-refractivity contribution < 1.29 is 18.3 Å². The van der Waals surface area contributed by atoms with Gasteiger partial charge in [0.1, 0.15) is 24.1 Å². The lowest BCUT2D eigenvalue weighted by molar-refractivity contribution is -0.126. The number of rotatable bonds is 5. The van der Waals surface area contributed by atoms with Crippen LogP contribution in [0.4, 0.5) is 14.6 Å². The third-order valence-electron chi connectivity index (χ3n) is 8.14. The van der Waals surface area contributed by atoms with Crippen molar-refractivity contribution in [2.24, 2.45) is 0 Å². The fourth-order valence-corrected chi connectivity index (χ4v) is 6.52. The molecule has 6 rings (SSSR count). The van der Waals surface area contributed by atoms with Crippen LogP contribution in [0.15, 0.2) is 41.7 Å². The summed E-state index contributed by atoms with van der Waals surface area (Å²) in [7, 11) is 0. The summed E-state index contributed by atoms with van der Waals surface area (Å²) in [6.07, 6.45) is 3.50. The van der Waals surface area contributed by atoms with E-state index >= 15 is 4.39 Å². The zero-order valence-electron chi connectivity index (χ0n) is 22.2. The Bertz CT molecular complexity index is 1570. The van der Waals surface area contributed by atoms with Crippen LogP contribution in [0, 0.1) is 11.6 Å². The van der Waals surface area contributed by atoms with E-state index in [-0.39, 0.29) is 46.5 Å². The van der Waals surface area contributed by atoms with E-state index in [1.807, 2.05) is 11.8 Å². The predicted molar refractivity (Wildman–Crippen MR) is 150 cm³/mol. The lowest BCUT2D eigenvalue weighted by Crippen LogP contribution is -2.54. The van der Waals surface area contributed by atoms with Crippen molar-refractivity contribution in [1.29, 1.82) is 0 Å². The lowest BCUT2D eigenvalue weighted by Gasteiger charge is -2.41. The van der Waals surface area contributed by atoms with Crippen molar-refractivity contribution in [2.75, 3.05) is 50.8 Å². The van der Waals surface area contributed by atoms with Crippen LogP contribution in [-0.4, -0.2) is 77.2 Å². The Kier molecular flexibility index (Phi) is 7.00. The van der Waals surface area contributed by atoms with Gasteiger partial charge in [-0.15, -0.1) is 0 Å². The Labute approximate surface area is 235 Å². The van der Waals surface area contributed by atoms with Crippen LogP contribution in [0.5, 0.6) is 5.75 Å². The second-order valence-corrected chi connectivity index (χ2v) is 11.1. The largest absolute Gasteiger partial charge is 0.488 e. The van der Waals surface area contributed by atoms with Gasteiger partial charge in [-0.05, 0) is 57.1 Å². The zero-order chi connectivity index (χ0) is 28.1. The summed E-state index contributed by atoms with van der Waals surface area (Å²) in [6.45, 7) is 9.58. The normalized spacial score (nSPS) is 21.1. The first-order chi connectivity index (χ1) is 19.3. The number of piperazine rings is 1. The van der Waals surface area contributed by atoms with Crippen molar-refractivity contribution >= 4 is 34.2 Å². The minimum absolute atomic E-state index is 0.0866. The van der Waals surface area contributed by atoms with Crippen LogP contribution in [0.25, 0.3) is 22.0 Å². The molecule has 3 aliphatic heterocycles. The van der Waals surface area contributed by atoms with E-state index in [2.05, 4.69) is 16.5 Å². The van der Waals surface area contributed by atoms with Gasteiger partial charge < -0.3 is 19.4 Å². The molecule has 0 saturated carbocycles. The van der Waals surface area contributed by atoms with Crippen LogP contribution >= 0.6 is 11.6 Å². The molecule has 11 heteroatoms. The number of anilines is 1. The molecule has 3 aromatic rings. The number of hydrogen-bond donors (Lipinski definition) is 0. The second-order valence-electron chi connectivity index (χ2n) is 10.7. The highest BCUT2D eigenvalue weighted by Gasteiger charge is 2.35. The molecule has 2 saturated heterocycles. The summed E-state index contributed by atoms with van der Waals surface area (Å²) in [5.41, 5.74) is 0.417. The SMILES string of the molecule is C=CC(=O)N1CCN(c2nc(=O)n3c4c(c(-c5ccc(F)cc5F)c(Cl)cc24)OCC3CN2CCCC2)C(C)C1. The number of nitrogens with zero attached hydrogens (tertiary/aromatic N) is 5. The summed E-state index contributed by atoms with van der Waals surface area (Å²) < 4.78 is 36.8. The monoisotopic (exact) mass is 569 g/mol. The van der Waals surface area contributed by atoms with Gasteiger partial charge in [0, 0.05) is 54.8 Å². The van der Waals surface area contributed by atoms with Gasteiger partial charge in [-0.25, -0.2) is 13.6 Å². The minimum atomic E-state index is -0.778. The molecule has 8 nitrogen and oxygen atoms in total. The Morgan fingerprint density at radius 1 is 1.20 bits per heavy atom. The molecule has 3 aliphatic rings. The number of halogens is 3. The van der Waals surface area contributed by atoms with E-state index in [0.29, 0.717) is 42.9 Å². The number of carbonyl (C=O) groups excluding carboxylic acids is 1. The first-order valence-electron chi connectivity index (χ1n) is 13.5. The molecule has 40 heavy (non-hydrogen) atoms. The van der Waals surface area contributed by atoms with Crippen molar-refractivity contribution in [3.8, 4) is 16.9 Å². The molecule has 0 N–H and O–H groups in total. The number of benzene rings is 2. The quantitative estimate of drug-likeness (QED) is 0.428. The molecule has 0 spiro atoms. The molecule has 1 aromatic heterocycles. The maximum Gasteiger partial charge on any atom is 0.350 e. The Morgan fingerprint density at radius 3 is 2.67 bits per heavy atom. The highest BCUT2D eigenvalue weighted by Crippen LogP contribution is 2.47. The molecule has 0 aliphatic carbocycles. The maximum absolute atomic E-state index is 15.0. The number of hydrogen-bond acceptors (Lipinski definition) is 6. The van der Waals surface area contributed by atoms with Crippen LogP contribution in [0.3, 0.4) is 0 Å². The fourth-order valence-electron chi connectivity index (χ4n) is 6.22. The Balaban J connectivity index is 1.54. The Hall–Kier alpha value is -3.50. The molecule has 2 atom stereocenters. The highest BCUT2D eigenvalue weighted by atomic mass is 35.5. The highest BCUT2D eigenvalue weighted by molar-refractivity contribution is 6.35. The first-order valence-corrected chi connectivity index (χ1v) is 13.9. The van der Waals surface area contributed by atoms with Gasteiger partial charge in [0.15, 0.2) is 5.75 Å². The van der Waals surface area contributed by atoms with E-state index in [9.17, 15) is 14.0 Å². The molecule has 0 bridgehead atoms. The van der Waals surface area contributed by atoms with Gasteiger partial charge in [-0.1, -0.05) is 18.2 Å². The number of likely N-dealkylation sites (tertiary alicyclic amines) is 1. The molecule has 2 aromatic carbocycles. The third-order valence-corrected chi connectivity index (χ3v) is 8.43. The smallest absolute Gasteiger partial charge is 0.350 e. The maximum atomic E-state index is 15.0. The van der Waals surface area contributed by atoms with Crippen molar-refractivity contribution in [2.45, 2.75) is 31.8 Å². The third kappa shape index (κ3) is 4.53. The van der Waals surface area contributed by atoms with E-state index in [1.165, 1.54) is 18.2 Å². The van der Waals surface area contributed by atoms with Gasteiger partial charge in [0.25, 0.3) is 0 Å². The molecule has 210 valence electrons. The second kappa shape index (κ2) is 10.5. The van der Waals surface area contributed by atoms with E-state index < -0.39 is 17.3 Å². The van der Waals surface area contributed by atoms with Crippen molar-refractivity contribution in [3.05, 3.63) is 64.1 Å². The molecule has 2 fully saturated rings. The fraction of sp³-hybridized carbons (Fsp3) is 0.414. The van der Waals surface area contributed by atoms with Crippen LogP contribution in [0.1, 0.15) is 25.8 Å². The number of amides is 1. The number of aromatic nitrogens is 2. The standard InChI is InChI=1S/C29H30ClF2N5O3/c1-3-24(38)35-10-11-36(17(2)14-35)28-21-13-22(30)25(20-7-6-18(31)12-23(20)32)27-26(21)37(29(39)33-28)19(16-40-27)15-34-8-4-5-9-34/h3,6-7,12-13,17,19H,1,4-5,8-11,14-16H2,2H3. The van der Waals surface area contributed by atoms with E-state index in [4.69, 9.17) is 16.3 Å². The topological polar surface area (TPSA) is 70.9 Å². The molecule has 4 heterocycles. The summed E-state index contributed by atoms with van der Waals surface area (Å²) in [5, 5.41) is 0.805. The van der Waals surface area contributed by atoms with Crippen LogP contribution in [0.2, 0.25) is 5.02 Å². The summed E-state index contributed by atoms with van der Waals surface area (Å²) in [4.78, 5) is 36.6.